The maximum Gasteiger partial charge on any atom is 0.420 e. The first-order valence-electron chi connectivity index (χ1n) is 8.62. The van der Waals surface area contributed by atoms with Gasteiger partial charge in [0.15, 0.2) is 5.58 Å². The number of nitrogens with zero attached hydrogens (tertiary/aromatic N) is 1. The summed E-state index contributed by atoms with van der Waals surface area (Å²) in [7, 11) is 0. The van der Waals surface area contributed by atoms with E-state index in [1.165, 1.54) is 4.57 Å². The van der Waals surface area contributed by atoms with Crippen LogP contribution in [-0.2, 0) is 9.59 Å². The number of nitrogens with one attached hydrogen (secondary N) is 2. The van der Waals surface area contributed by atoms with Crippen LogP contribution in [0.15, 0.2) is 51.7 Å². The highest BCUT2D eigenvalue weighted by atomic mass is 16.4. The number of hydrogen-bond acceptors (Lipinski definition) is 4. The average molecular weight is 367 g/mol. The average Bonchev–Trinajstić information content (AvgIpc) is 2.98. The summed E-state index contributed by atoms with van der Waals surface area (Å²) in [5, 5.41) is 5.38. The van der Waals surface area contributed by atoms with E-state index in [1.807, 2.05) is 32.0 Å². The minimum absolute atomic E-state index is 0.193. The van der Waals surface area contributed by atoms with Gasteiger partial charge >= 0.3 is 5.76 Å². The molecule has 140 valence electrons. The van der Waals surface area contributed by atoms with Gasteiger partial charge in [-0.1, -0.05) is 30.3 Å². The van der Waals surface area contributed by atoms with Gasteiger partial charge in [-0.2, -0.15) is 0 Å². The first-order valence-corrected chi connectivity index (χ1v) is 8.62. The molecule has 27 heavy (non-hydrogen) atoms. The van der Waals surface area contributed by atoms with E-state index in [9.17, 15) is 14.4 Å². The van der Waals surface area contributed by atoms with Crippen molar-refractivity contribution < 1.29 is 14.0 Å². The zero-order valence-electron chi connectivity index (χ0n) is 15.4. The molecule has 2 amide bonds. The van der Waals surface area contributed by atoms with Gasteiger partial charge in [0, 0.05) is 5.69 Å². The highest BCUT2D eigenvalue weighted by Gasteiger charge is 2.21. The van der Waals surface area contributed by atoms with Crippen molar-refractivity contribution in [3.05, 3.63) is 64.1 Å². The summed E-state index contributed by atoms with van der Waals surface area (Å²) < 4.78 is 6.42. The number of carbonyl (C=O) groups is 2. The van der Waals surface area contributed by atoms with E-state index in [4.69, 9.17) is 4.42 Å². The Hall–Kier alpha value is -3.35. The van der Waals surface area contributed by atoms with Crippen LogP contribution in [0.2, 0.25) is 0 Å². The fourth-order valence-electron chi connectivity index (χ4n) is 2.98. The molecular formula is C20H21N3O4. The lowest BCUT2D eigenvalue weighted by atomic mass is 10.1. The molecule has 0 aliphatic rings. The smallest absolute Gasteiger partial charge is 0.408 e. The van der Waals surface area contributed by atoms with E-state index < -0.39 is 17.7 Å². The van der Waals surface area contributed by atoms with Gasteiger partial charge in [0.1, 0.15) is 6.04 Å². The Kier molecular flexibility index (Phi) is 5.12. The summed E-state index contributed by atoms with van der Waals surface area (Å²) in [5.74, 6) is -1.39. The number of benzene rings is 2. The Balaban J connectivity index is 1.67. The molecule has 2 N–H and O–H groups in total. The van der Waals surface area contributed by atoms with Crippen LogP contribution in [-0.4, -0.2) is 22.9 Å². The van der Waals surface area contributed by atoms with Crippen molar-refractivity contribution in [2.24, 2.45) is 0 Å². The number of amides is 2. The number of anilines is 1. The number of hydrogen-bond donors (Lipinski definition) is 2. The van der Waals surface area contributed by atoms with Gasteiger partial charge in [-0.05, 0) is 44.0 Å². The maximum absolute atomic E-state index is 12.4. The molecule has 0 aliphatic heterocycles. The Morgan fingerprint density at radius 2 is 1.74 bits per heavy atom. The molecule has 7 heteroatoms. The van der Waals surface area contributed by atoms with E-state index in [2.05, 4.69) is 10.6 Å². The van der Waals surface area contributed by atoms with Crippen molar-refractivity contribution in [3.8, 4) is 0 Å². The fraction of sp³-hybridized carbons (Fsp3) is 0.250. The standard InChI is InChI=1S/C20H21N3O4/c1-12-7-6-8-13(2)18(12)22-17(24)11-21-19(25)14(3)23-15-9-4-5-10-16(15)27-20(23)26/h4-10,14H,11H2,1-3H3,(H,21,25)(H,22,24). The van der Waals surface area contributed by atoms with Crippen LogP contribution < -0.4 is 16.4 Å². The van der Waals surface area contributed by atoms with Gasteiger partial charge in [0.05, 0.1) is 12.1 Å². The summed E-state index contributed by atoms with van der Waals surface area (Å²) in [4.78, 5) is 36.7. The third-order valence-electron chi connectivity index (χ3n) is 4.45. The zero-order valence-corrected chi connectivity index (χ0v) is 15.4. The van der Waals surface area contributed by atoms with Gasteiger partial charge in [0.25, 0.3) is 0 Å². The molecule has 7 nitrogen and oxygen atoms in total. The topological polar surface area (TPSA) is 93.3 Å². The highest BCUT2D eigenvalue weighted by molar-refractivity contribution is 5.96. The molecule has 0 saturated carbocycles. The van der Waals surface area contributed by atoms with E-state index in [0.29, 0.717) is 11.1 Å². The number of oxazole rings is 1. The van der Waals surface area contributed by atoms with Crippen LogP contribution >= 0.6 is 0 Å². The molecule has 1 unspecified atom stereocenters. The molecule has 3 aromatic rings. The summed E-state index contributed by atoms with van der Waals surface area (Å²) in [5.41, 5.74) is 3.57. The maximum atomic E-state index is 12.4. The molecule has 0 bridgehead atoms. The molecule has 0 fully saturated rings. The van der Waals surface area contributed by atoms with Crippen molar-refractivity contribution in [2.75, 3.05) is 11.9 Å². The summed E-state index contributed by atoms with van der Waals surface area (Å²) in [6, 6.07) is 11.8. The number of carbonyl (C=O) groups excluding carboxylic acids is 2. The minimum atomic E-state index is -0.811. The lowest BCUT2D eigenvalue weighted by Gasteiger charge is -2.14. The second kappa shape index (κ2) is 7.49. The lowest BCUT2D eigenvalue weighted by molar-refractivity contribution is -0.126. The first kappa shape index (κ1) is 18.4. The van der Waals surface area contributed by atoms with Gasteiger partial charge in [-0.15, -0.1) is 0 Å². The minimum Gasteiger partial charge on any atom is -0.408 e. The van der Waals surface area contributed by atoms with Crippen LogP contribution in [0.1, 0.15) is 24.1 Å². The summed E-state index contributed by atoms with van der Waals surface area (Å²) in [6.07, 6.45) is 0. The number of fused-ring (bicyclic) bond motifs is 1. The van der Waals surface area contributed by atoms with Crippen LogP contribution in [0.5, 0.6) is 0 Å². The Morgan fingerprint density at radius 3 is 2.44 bits per heavy atom. The van der Waals surface area contributed by atoms with E-state index in [0.717, 1.165) is 16.8 Å². The molecule has 0 spiro atoms. The zero-order chi connectivity index (χ0) is 19.6. The number of para-hydroxylation sites is 3. The molecule has 0 saturated heterocycles. The fourth-order valence-corrected chi connectivity index (χ4v) is 2.98. The van der Waals surface area contributed by atoms with Crippen molar-refractivity contribution >= 4 is 28.6 Å². The third kappa shape index (κ3) is 3.76. The summed E-state index contributed by atoms with van der Waals surface area (Å²) >= 11 is 0. The molecule has 1 heterocycles. The number of aryl methyl sites for hydroxylation is 2. The molecule has 2 aromatic carbocycles. The highest BCUT2D eigenvalue weighted by Crippen LogP contribution is 2.19. The number of aromatic nitrogens is 1. The number of rotatable bonds is 5. The second-order valence-electron chi connectivity index (χ2n) is 6.41. The summed E-state index contributed by atoms with van der Waals surface area (Å²) in [6.45, 7) is 5.20. The molecule has 1 atom stereocenters. The van der Waals surface area contributed by atoms with E-state index in [1.54, 1.807) is 31.2 Å². The molecule has 0 radical (unpaired) electrons. The van der Waals surface area contributed by atoms with Crippen molar-refractivity contribution in [2.45, 2.75) is 26.8 Å². The lowest BCUT2D eigenvalue weighted by Crippen LogP contribution is -2.38. The van der Waals surface area contributed by atoms with Crippen molar-refractivity contribution in [1.29, 1.82) is 0 Å². The van der Waals surface area contributed by atoms with Crippen LogP contribution in [0.25, 0.3) is 11.1 Å². The second-order valence-corrected chi connectivity index (χ2v) is 6.41. The SMILES string of the molecule is Cc1cccc(C)c1NC(=O)CNC(=O)C(C)n1c(=O)oc2ccccc21. The van der Waals surface area contributed by atoms with E-state index in [-0.39, 0.29) is 12.5 Å². The van der Waals surface area contributed by atoms with Crippen LogP contribution in [0.4, 0.5) is 5.69 Å². The normalized spacial score (nSPS) is 12.0. The Bertz CT molecular complexity index is 1040. The molecular weight excluding hydrogens is 346 g/mol. The van der Waals surface area contributed by atoms with Crippen LogP contribution in [0, 0.1) is 13.8 Å². The Morgan fingerprint density at radius 1 is 1.07 bits per heavy atom. The van der Waals surface area contributed by atoms with Crippen molar-refractivity contribution in [3.63, 3.8) is 0 Å². The van der Waals surface area contributed by atoms with Gasteiger partial charge < -0.3 is 15.1 Å². The van der Waals surface area contributed by atoms with E-state index >= 15 is 0 Å². The predicted octanol–water partition coefficient (Wildman–Crippen LogP) is 2.53. The monoisotopic (exact) mass is 367 g/mol. The van der Waals surface area contributed by atoms with Crippen molar-refractivity contribution in [1.82, 2.24) is 9.88 Å². The van der Waals surface area contributed by atoms with Crippen LogP contribution in [0.3, 0.4) is 0 Å². The molecule has 0 aliphatic carbocycles. The first-order chi connectivity index (χ1) is 12.9. The third-order valence-corrected chi connectivity index (χ3v) is 4.45. The largest absolute Gasteiger partial charge is 0.420 e. The molecule has 3 rings (SSSR count). The van der Waals surface area contributed by atoms with Gasteiger partial charge in [-0.25, -0.2) is 4.79 Å². The molecule has 1 aromatic heterocycles. The van der Waals surface area contributed by atoms with Gasteiger partial charge in [-0.3, -0.25) is 14.2 Å². The predicted molar refractivity (Wildman–Crippen MR) is 103 cm³/mol. The van der Waals surface area contributed by atoms with Gasteiger partial charge in [0.2, 0.25) is 11.8 Å². The Labute approximate surface area is 156 Å². The quantitative estimate of drug-likeness (QED) is 0.725.